The number of fused-ring (bicyclic) bond motifs is 1. The Morgan fingerprint density at radius 1 is 0.893 bits per heavy atom. The summed E-state index contributed by atoms with van der Waals surface area (Å²) in [4.78, 5) is 2.36. The van der Waals surface area contributed by atoms with Gasteiger partial charge in [-0.1, -0.05) is 61.5 Å². The number of ether oxygens (including phenoxy) is 1. The normalized spacial score (nSPS) is 18.7. The van der Waals surface area contributed by atoms with Crippen LogP contribution in [0.5, 0.6) is 5.75 Å². The second kappa shape index (κ2) is 8.20. The van der Waals surface area contributed by atoms with Crippen molar-refractivity contribution < 1.29 is 4.74 Å². The average Bonchev–Trinajstić information content (AvgIpc) is 2.73. The van der Waals surface area contributed by atoms with Gasteiger partial charge >= 0.3 is 0 Å². The third kappa shape index (κ3) is 3.98. The van der Waals surface area contributed by atoms with Crippen molar-refractivity contribution >= 4 is 0 Å². The highest BCUT2D eigenvalue weighted by Gasteiger charge is 2.27. The molecular weight excluding hydrogens is 342 g/mol. The highest BCUT2D eigenvalue weighted by atomic mass is 16.5. The van der Waals surface area contributed by atoms with Crippen LogP contribution >= 0.6 is 0 Å². The largest absolute Gasteiger partial charge is 0.489 e. The second-order valence-electron chi connectivity index (χ2n) is 8.07. The summed E-state index contributed by atoms with van der Waals surface area (Å²) < 4.78 is 6.15. The van der Waals surface area contributed by atoms with E-state index in [1.807, 2.05) is 6.07 Å². The number of likely N-dealkylation sites (N-methyl/N-ethyl adjacent to an activating group) is 1. The summed E-state index contributed by atoms with van der Waals surface area (Å²) >= 11 is 0. The number of benzene rings is 3. The Labute approximate surface area is 168 Å². The van der Waals surface area contributed by atoms with Gasteiger partial charge in [-0.05, 0) is 78.9 Å². The molecule has 3 aromatic carbocycles. The quantitative estimate of drug-likeness (QED) is 0.552. The molecule has 144 valence electrons. The van der Waals surface area contributed by atoms with Gasteiger partial charge in [-0.2, -0.15) is 0 Å². The van der Waals surface area contributed by atoms with Crippen molar-refractivity contribution in [1.82, 2.24) is 4.90 Å². The van der Waals surface area contributed by atoms with Crippen molar-refractivity contribution in [2.24, 2.45) is 0 Å². The first-order valence-corrected chi connectivity index (χ1v) is 10.2. The van der Waals surface area contributed by atoms with Gasteiger partial charge in [0.2, 0.25) is 0 Å². The summed E-state index contributed by atoms with van der Waals surface area (Å²) in [5, 5.41) is 0. The van der Waals surface area contributed by atoms with E-state index in [4.69, 9.17) is 4.74 Å². The predicted molar refractivity (Wildman–Crippen MR) is 117 cm³/mol. The molecule has 0 aliphatic heterocycles. The molecule has 0 saturated carbocycles. The molecule has 2 unspecified atom stereocenters. The molecule has 2 atom stereocenters. The predicted octanol–water partition coefficient (Wildman–Crippen LogP) is 5.91. The first-order chi connectivity index (χ1) is 13.6. The first kappa shape index (κ1) is 18.8. The van der Waals surface area contributed by atoms with Crippen LogP contribution in [0.15, 0.2) is 72.8 Å². The molecule has 2 nitrogen and oxygen atoms in total. The summed E-state index contributed by atoms with van der Waals surface area (Å²) in [6, 6.07) is 26.4. The Bertz CT molecular complexity index is 932. The lowest BCUT2D eigenvalue weighted by molar-refractivity contribution is 0.236. The van der Waals surface area contributed by atoms with Gasteiger partial charge in [0, 0.05) is 6.04 Å². The van der Waals surface area contributed by atoms with Crippen LogP contribution in [0.4, 0.5) is 0 Å². The SMILES string of the molecule is CC1c2ccc(OCc3cccc(-c4ccccc4)c3)cc2CCC1N(C)C. The third-order valence-corrected chi connectivity index (χ3v) is 5.99. The molecule has 28 heavy (non-hydrogen) atoms. The van der Waals surface area contributed by atoms with Gasteiger partial charge < -0.3 is 9.64 Å². The summed E-state index contributed by atoms with van der Waals surface area (Å²) in [7, 11) is 4.38. The lowest BCUT2D eigenvalue weighted by Crippen LogP contribution is -2.36. The fourth-order valence-electron chi connectivity index (χ4n) is 4.44. The summed E-state index contributed by atoms with van der Waals surface area (Å²) in [6.07, 6.45) is 2.34. The standard InChI is InChI=1S/C26H29NO/c1-19-25-14-13-24(17-23(25)12-15-26(19)27(2)3)28-18-20-8-7-11-22(16-20)21-9-5-4-6-10-21/h4-11,13-14,16-17,19,26H,12,15,18H2,1-3H3. The van der Waals surface area contributed by atoms with E-state index in [9.17, 15) is 0 Å². The molecular formula is C26H29NO. The molecule has 0 N–H and O–H groups in total. The van der Waals surface area contributed by atoms with E-state index in [0.29, 0.717) is 18.6 Å². The number of aryl methyl sites for hydroxylation is 1. The van der Waals surface area contributed by atoms with Crippen LogP contribution in [0.25, 0.3) is 11.1 Å². The zero-order chi connectivity index (χ0) is 19.5. The molecule has 0 spiro atoms. The van der Waals surface area contributed by atoms with Gasteiger partial charge in [0.05, 0.1) is 0 Å². The van der Waals surface area contributed by atoms with Gasteiger partial charge in [-0.15, -0.1) is 0 Å². The minimum absolute atomic E-state index is 0.565. The van der Waals surface area contributed by atoms with Crippen LogP contribution in [-0.4, -0.2) is 25.0 Å². The lowest BCUT2D eigenvalue weighted by Gasteiger charge is -2.35. The Morgan fingerprint density at radius 2 is 1.68 bits per heavy atom. The van der Waals surface area contributed by atoms with E-state index in [2.05, 4.69) is 92.6 Å². The fraction of sp³-hybridized carbons (Fsp3) is 0.308. The molecule has 1 aliphatic carbocycles. The van der Waals surface area contributed by atoms with E-state index >= 15 is 0 Å². The zero-order valence-electron chi connectivity index (χ0n) is 17.1. The molecule has 0 saturated heterocycles. The molecule has 0 heterocycles. The average molecular weight is 372 g/mol. The van der Waals surface area contributed by atoms with Crippen molar-refractivity contribution in [2.75, 3.05) is 14.1 Å². The van der Waals surface area contributed by atoms with Gasteiger partial charge in [0.15, 0.2) is 0 Å². The highest BCUT2D eigenvalue weighted by Crippen LogP contribution is 2.35. The van der Waals surface area contributed by atoms with Gasteiger partial charge in [-0.25, -0.2) is 0 Å². The van der Waals surface area contributed by atoms with E-state index in [1.165, 1.54) is 34.2 Å². The van der Waals surface area contributed by atoms with E-state index in [-0.39, 0.29) is 0 Å². The molecule has 0 radical (unpaired) electrons. The molecule has 0 fully saturated rings. The van der Waals surface area contributed by atoms with Crippen molar-refractivity contribution in [3.8, 4) is 16.9 Å². The monoisotopic (exact) mass is 371 g/mol. The zero-order valence-corrected chi connectivity index (χ0v) is 17.1. The van der Waals surface area contributed by atoms with Crippen LogP contribution in [0.2, 0.25) is 0 Å². The molecule has 0 aromatic heterocycles. The minimum Gasteiger partial charge on any atom is -0.489 e. The van der Waals surface area contributed by atoms with Gasteiger partial charge in [0.25, 0.3) is 0 Å². The van der Waals surface area contributed by atoms with Crippen LogP contribution in [-0.2, 0) is 13.0 Å². The maximum absolute atomic E-state index is 6.15. The Kier molecular flexibility index (Phi) is 5.50. The molecule has 4 rings (SSSR count). The minimum atomic E-state index is 0.565. The van der Waals surface area contributed by atoms with Crippen LogP contribution in [0, 0.1) is 0 Å². The topological polar surface area (TPSA) is 12.5 Å². The van der Waals surface area contributed by atoms with E-state index in [1.54, 1.807) is 0 Å². The van der Waals surface area contributed by atoms with Crippen LogP contribution in [0.1, 0.15) is 36.0 Å². The third-order valence-electron chi connectivity index (χ3n) is 5.99. The number of hydrogen-bond donors (Lipinski definition) is 0. The summed E-state index contributed by atoms with van der Waals surface area (Å²) in [5.41, 5.74) is 6.59. The van der Waals surface area contributed by atoms with Gasteiger partial charge in [-0.3, -0.25) is 0 Å². The Hall–Kier alpha value is -2.58. The summed E-state index contributed by atoms with van der Waals surface area (Å²) in [5.74, 6) is 1.54. The maximum atomic E-state index is 6.15. The molecule has 3 aromatic rings. The van der Waals surface area contributed by atoms with Crippen molar-refractivity contribution in [2.45, 2.75) is 38.3 Å². The smallest absolute Gasteiger partial charge is 0.120 e. The Morgan fingerprint density at radius 3 is 2.46 bits per heavy atom. The van der Waals surface area contributed by atoms with Crippen molar-refractivity contribution in [3.63, 3.8) is 0 Å². The lowest BCUT2D eigenvalue weighted by atomic mass is 9.80. The fourth-order valence-corrected chi connectivity index (χ4v) is 4.44. The number of rotatable bonds is 5. The highest BCUT2D eigenvalue weighted by molar-refractivity contribution is 5.63. The molecule has 0 amide bonds. The van der Waals surface area contributed by atoms with Crippen LogP contribution < -0.4 is 4.74 Å². The van der Waals surface area contributed by atoms with E-state index in [0.717, 1.165) is 12.2 Å². The maximum Gasteiger partial charge on any atom is 0.120 e. The molecule has 2 heteroatoms. The number of hydrogen-bond acceptors (Lipinski definition) is 2. The van der Waals surface area contributed by atoms with Crippen molar-refractivity contribution in [3.05, 3.63) is 89.5 Å². The molecule has 0 bridgehead atoms. The summed E-state index contributed by atoms with van der Waals surface area (Å²) in [6.45, 7) is 2.94. The number of nitrogens with zero attached hydrogens (tertiary/aromatic N) is 1. The van der Waals surface area contributed by atoms with Gasteiger partial charge in [0.1, 0.15) is 12.4 Å². The second-order valence-corrected chi connectivity index (χ2v) is 8.07. The van der Waals surface area contributed by atoms with E-state index < -0.39 is 0 Å². The molecule has 1 aliphatic rings. The first-order valence-electron chi connectivity index (χ1n) is 10.2. The Balaban J connectivity index is 1.47. The van der Waals surface area contributed by atoms with Crippen molar-refractivity contribution in [1.29, 1.82) is 0 Å². The van der Waals surface area contributed by atoms with Crippen LogP contribution in [0.3, 0.4) is 0 Å².